The summed E-state index contributed by atoms with van der Waals surface area (Å²) < 4.78 is 7.46. The molecule has 0 N–H and O–H groups in total. The predicted molar refractivity (Wildman–Crippen MR) is 90.6 cm³/mol. The fourth-order valence-electron chi connectivity index (χ4n) is 4.33. The summed E-state index contributed by atoms with van der Waals surface area (Å²) in [5.41, 5.74) is 1.22. The van der Waals surface area contributed by atoms with Gasteiger partial charge in [0.25, 0.3) is 0 Å². The van der Waals surface area contributed by atoms with Crippen molar-refractivity contribution >= 4 is 5.91 Å². The van der Waals surface area contributed by atoms with Gasteiger partial charge in [0.15, 0.2) is 0 Å². The second-order valence-corrected chi connectivity index (χ2v) is 7.63. The molecule has 1 aliphatic carbocycles. The standard InChI is InChI=1S/C18H28N4O2/c1-13-11-22(7-8-24-13)15-3-5-21(6-4-15)18(23)17-9-16(17)14-10-19-20(2)12-14/h10,12-13,15-17H,3-9,11H2,1-2H3/t13-,16-,17-/m1/s1. The molecule has 3 fully saturated rings. The van der Waals surface area contributed by atoms with Crippen molar-refractivity contribution < 1.29 is 9.53 Å². The molecule has 3 heterocycles. The summed E-state index contributed by atoms with van der Waals surface area (Å²) in [6.07, 6.45) is 7.48. The second-order valence-electron chi connectivity index (χ2n) is 7.63. The van der Waals surface area contributed by atoms with Crippen molar-refractivity contribution in [1.82, 2.24) is 19.6 Å². The molecule has 2 aliphatic heterocycles. The molecule has 3 aliphatic rings. The minimum Gasteiger partial charge on any atom is -0.376 e. The van der Waals surface area contributed by atoms with E-state index in [2.05, 4.69) is 21.8 Å². The fraction of sp³-hybridized carbons (Fsp3) is 0.778. The third kappa shape index (κ3) is 3.22. The number of aromatic nitrogens is 2. The Bertz CT molecular complexity index is 594. The molecule has 1 aromatic heterocycles. The molecule has 3 atom stereocenters. The number of piperidine rings is 1. The first-order valence-electron chi connectivity index (χ1n) is 9.25. The van der Waals surface area contributed by atoms with Crippen molar-refractivity contribution in [3.8, 4) is 0 Å². The van der Waals surface area contributed by atoms with E-state index in [0.29, 0.717) is 24.0 Å². The number of hydrogen-bond donors (Lipinski definition) is 0. The highest BCUT2D eigenvalue weighted by Gasteiger charge is 2.46. The molecule has 0 radical (unpaired) electrons. The molecule has 1 saturated carbocycles. The Balaban J connectivity index is 1.28. The highest BCUT2D eigenvalue weighted by molar-refractivity contribution is 5.83. The minimum atomic E-state index is 0.189. The summed E-state index contributed by atoms with van der Waals surface area (Å²) in [5.74, 6) is 0.941. The number of carbonyl (C=O) groups is 1. The smallest absolute Gasteiger partial charge is 0.226 e. The number of likely N-dealkylation sites (tertiary alicyclic amines) is 1. The Hall–Kier alpha value is -1.40. The largest absolute Gasteiger partial charge is 0.376 e. The van der Waals surface area contributed by atoms with Crippen LogP contribution in [0.1, 0.15) is 37.7 Å². The second kappa shape index (κ2) is 6.48. The van der Waals surface area contributed by atoms with Gasteiger partial charge in [-0.1, -0.05) is 0 Å². The topological polar surface area (TPSA) is 50.6 Å². The van der Waals surface area contributed by atoms with Crippen LogP contribution in [0.3, 0.4) is 0 Å². The molecule has 0 unspecified atom stereocenters. The molecule has 132 valence electrons. The summed E-state index contributed by atoms with van der Waals surface area (Å²) in [7, 11) is 1.93. The maximum Gasteiger partial charge on any atom is 0.226 e. The number of aryl methyl sites for hydroxylation is 1. The van der Waals surface area contributed by atoms with E-state index in [-0.39, 0.29) is 5.92 Å². The van der Waals surface area contributed by atoms with Gasteiger partial charge in [-0.2, -0.15) is 5.10 Å². The van der Waals surface area contributed by atoms with E-state index in [1.54, 1.807) is 0 Å². The van der Waals surface area contributed by atoms with Crippen molar-refractivity contribution in [3.63, 3.8) is 0 Å². The van der Waals surface area contributed by atoms with Gasteiger partial charge >= 0.3 is 0 Å². The fourth-order valence-corrected chi connectivity index (χ4v) is 4.33. The van der Waals surface area contributed by atoms with Crippen molar-refractivity contribution in [2.75, 3.05) is 32.8 Å². The Morgan fingerprint density at radius 2 is 2.08 bits per heavy atom. The third-order valence-electron chi connectivity index (χ3n) is 5.83. The highest BCUT2D eigenvalue weighted by atomic mass is 16.5. The van der Waals surface area contributed by atoms with Crippen molar-refractivity contribution in [3.05, 3.63) is 18.0 Å². The molecule has 0 aromatic carbocycles. The molecular weight excluding hydrogens is 304 g/mol. The van der Waals surface area contributed by atoms with Crippen LogP contribution in [0, 0.1) is 5.92 Å². The average Bonchev–Trinajstić information content (AvgIpc) is 3.28. The quantitative estimate of drug-likeness (QED) is 0.836. The monoisotopic (exact) mass is 332 g/mol. The summed E-state index contributed by atoms with van der Waals surface area (Å²) in [6, 6.07) is 0.619. The Morgan fingerprint density at radius 1 is 1.29 bits per heavy atom. The van der Waals surface area contributed by atoms with Crippen LogP contribution < -0.4 is 0 Å². The molecule has 6 nitrogen and oxygen atoms in total. The summed E-state index contributed by atoms with van der Waals surface area (Å²) in [4.78, 5) is 17.4. The summed E-state index contributed by atoms with van der Waals surface area (Å²) >= 11 is 0. The lowest BCUT2D eigenvalue weighted by atomic mass is 10.0. The van der Waals surface area contributed by atoms with E-state index in [9.17, 15) is 4.79 Å². The predicted octanol–water partition coefficient (Wildman–Crippen LogP) is 1.24. The van der Waals surface area contributed by atoms with Gasteiger partial charge in [0.2, 0.25) is 5.91 Å². The van der Waals surface area contributed by atoms with Crippen molar-refractivity contribution in [2.45, 2.75) is 44.2 Å². The number of carbonyl (C=O) groups excluding carboxylic acids is 1. The molecule has 0 spiro atoms. The molecule has 1 aromatic rings. The SMILES string of the molecule is C[C@@H]1CN(C2CCN(C(=O)[C@@H]3C[C@@H]3c3cnn(C)c3)CC2)CCO1. The first-order valence-corrected chi connectivity index (χ1v) is 9.25. The summed E-state index contributed by atoms with van der Waals surface area (Å²) in [5, 5.41) is 4.23. The molecule has 6 heteroatoms. The molecular formula is C18H28N4O2. The maximum atomic E-state index is 12.8. The first-order chi connectivity index (χ1) is 11.6. The van der Waals surface area contributed by atoms with E-state index >= 15 is 0 Å². The lowest BCUT2D eigenvalue weighted by Gasteiger charge is -2.41. The molecule has 2 saturated heterocycles. The Morgan fingerprint density at radius 3 is 2.75 bits per heavy atom. The van der Waals surface area contributed by atoms with Gasteiger partial charge in [-0.25, -0.2) is 0 Å². The normalized spacial score (nSPS) is 32.1. The number of morpholine rings is 1. The molecule has 4 rings (SSSR count). The van der Waals surface area contributed by atoms with Crippen LogP contribution in [-0.2, 0) is 16.6 Å². The van der Waals surface area contributed by atoms with E-state index in [1.807, 2.05) is 24.1 Å². The number of hydrogen-bond acceptors (Lipinski definition) is 4. The van der Waals surface area contributed by atoms with E-state index in [0.717, 1.165) is 52.0 Å². The van der Waals surface area contributed by atoms with E-state index in [1.165, 1.54) is 5.56 Å². The van der Waals surface area contributed by atoms with Crippen LogP contribution in [0.15, 0.2) is 12.4 Å². The van der Waals surface area contributed by atoms with Gasteiger partial charge in [0.05, 0.1) is 18.9 Å². The van der Waals surface area contributed by atoms with Gasteiger partial charge in [-0.05, 0) is 37.7 Å². The number of ether oxygens (including phenoxy) is 1. The molecule has 1 amide bonds. The maximum absolute atomic E-state index is 12.8. The zero-order chi connectivity index (χ0) is 16.7. The van der Waals surface area contributed by atoms with Crippen LogP contribution in [0.25, 0.3) is 0 Å². The zero-order valence-electron chi connectivity index (χ0n) is 14.7. The van der Waals surface area contributed by atoms with E-state index < -0.39 is 0 Å². The van der Waals surface area contributed by atoms with Gasteiger partial charge in [0.1, 0.15) is 0 Å². The van der Waals surface area contributed by atoms with Gasteiger partial charge in [-0.3, -0.25) is 14.4 Å². The van der Waals surface area contributed by atoms with Crippen LogP contribution in [0.5, 0.6) is 0 Å². The lowest BCUT2D eigenvalue weighted by Crippen LogP contribution is -2.52. The summed E-state index contributed by atoms with van der Waals surface area (Å²) in [6.45, 7) is 6.88. The third-order valence-corrected chi connectivity index (χ3v) is 5.83. The van der Waals surface area contributed by atoms with Crippen LogP contribution >= 0.6 is 0 Å². The number of rotatable bonds is 3. The van der Waals surface area contributed by atoms with Crippen LogP contribution in [0.2, 0.25) is 0 Å². The molecule has 24 heavy (non-hydrogen) atoms. The van der Waals surface area contributed by atoms with Gasteiger partial charge in [-0.15, -0.1) is 0 Å². The van der Waals surface area contributed by atoms with Crippen LogP contribution in [-0.4, -0.2) is 70.4 Å². The highest BCUT2D eigenvalue weighted by Crippen LogP contribution is 2.48. The van der Waals surface area contributed by atoms with Crippen molar-refractivity contribution in [2.24, 2.45) is 13.0 Å². The van der Waals surface area contributed by atoms with Crippen molar-refractivity contribution in [1.29, 1.82) is 0 Å². The number of amides is 1. The van der Waals surface area contributed by atoms with E-state index in [4.69, 9.17) is 4.74 Å². The Labute approximate surface area is 143 Å². The van der Waals surface area contributed by atoms with Crippen LogP contribution in [0.4, 0.5) is 0 Å². The van der Waals surface area contributed by atoms with Gasteiger partial charge < -0.3 is 9.64 Å². The molecule has 0 bridgehead atoms. The minimum absolute atomic E-state index is 0.189. The zero-order valence-corrected chi connectivity index (χ0v) is 14.7. The average molecular weight is 332 g/mol. The van der Waals surface area contributed by atoms with Gasteiger partial charge in [0, 0.05) is 51.4 Å². The first kappa shape index (κ1) is 16.1. The Kier molecular flexibility index (Phi) is 4.35. The number of nitrogens with zero attached hydrogens (tertiary/aromatic N) is 4. The lowest BCUT2D eigenvalue weighted by molar-refractivity contribution is -0.134.